The average Bonchev–Trinajstić information content (AvgIpc) is 2.75. The molecule has 1 aliphatic heterocycles. The average molecular weight is 292 g/mol. The molecule has 1 aromatic carbocycles. The lowest BCUT2D eigenvalue weighted by molar-refractivity contribution is 0.962. The van der Waals surface area contributed by atoms with Crippen LogP contribution in [0.2, 0.25) is 0 Å². The Morgan fingerprint density at radius 1 is 1.25 bits per heavy atom. The lowest BCUT2D eigenvalue weighted by Gasteiger charge is -2.23. The first-order chi connectivity index (χ1) is 7.83. The molecule has 80 valence electrons. The van der Waals surface area contributed by atoms with E-state index >= 15 is 0 Å². The molecule has 2 aromatic rings. The lowest BCUT2D eigenvalue weighted by Crippen LogP contribution is -2.17. The van der Waals surface area contributed by atoms with E-state index < -0.39 is 0 Å². The highest BCUT2D eigenvalue weighted by Gasteiger charge is 2.12. The molecule has 0 fully saturated rings. The summed E-state index contributed by atoms with van der Waals surface area (Å²) in [6, 6.07) is 10.6. The third kappa shape index (κ3) is 1.81. The van der Waals surface area contributed by atoms with Gasteiger partial charge in [-0.25, -0.2) is 0 Å². The van der Waals surface area contributed by atoms with Crippen LogP contribution in [0.1, 0.15) is 10.4 Å². The van der Waals surface area contributed by atoms with Gasteiger partial charge in [-0.15, -0.1) is 11.3 Å². The minimum Gasteiger partial charge on any atom is -0.343 e. The Labute approximate surface area is 107 Å². The molecule has 16 heavy (non-hydrogen) atoms. The van der Waals surface area contributed by atoms with Crippen molar-refractivity contribution in [2.24, 2.45) is 0 Å². The number of hydrogen-bond acceptors (Lipinski definition) is 2. The Balaban J connectivity index is 1.94. The van der Waals surface area contributed by atoms with Gasteiger partial charge in [0.2, 0.25) is 0 Å². The van der Waals surface area contributed by atoms with E-state index in [-0.39, 0.29) is 0 Å². The highest BCUT2D eigenvalue weighted by Crippen LogP contribution is 2.29. The Kier molecular flexibility index (Phi) is 2.58. The van der Waals surface area contributed by atoms with Gasteiger partial charge in [0, 0.05) is 27.8 Å². The first-order valence-corrected chi connectivity index (χ1v) is 6.77. The van der Waals surface area contributed by atoms with E-state index in [1.165, 1.54) is 16.1 Å². The molecule has 0 bridgehead atoms. The van der Waals surface area contributed by atoms with Gasteiger partial charge < -0.3 is 4.90 Å². The number of anilines is 1. The monoisotopic (exact) mass is 291 g/mol. The Hall–Kier alpha value is -1.06. The summed E-state index contributed by atoms with van der Waals surface area (Å²) in [5.74, 6) is 0. The van der Waals surface area contributed by atoms with Crippen molar-refractivity contribution < 1.29 is 0 Å². The van der Waals surface area contributed by atoms with Gasteiger partial charge in [0.05, 0.1) is 0 Å². The molecule has 1 aromatic heterocycles. The van der Waals surface area contributed by atoms with E-state index in [2.05, 4.69) is 62.8 Å². The highest BCUT2D eigenvalue weighted by molar-refractivity contribution is 9.10. The topological polar surface area (TPSA) is 3.24 Å². The maximum atomic E-state index is 3.50. The number of nitrogens with zero attached hydrogens (tertiary/aromatic N) is 1. The van der Waals surface area contributed by atoms with Gasteiger partial charge in [-0.3, -0.25) is 0 Å². The van der Waals surface area contributed by atoms with E-state index in [9.17, 15) is 0 Å². The maximum Gasteiger partial charge on any atom is 0.0490 e. The van der Waals surface area contributed by atoms with E-state index in [0.717, 1.165) is 11.0 Å². The Morgan fingerprint density at radius 3 is 3.06 bits per heavy atom. The summed E-state index contributed by atoms with van der Waals surface area (Å²) in [5, 5.41) is 2.15. The standard InChI is InChI=1S/C13H10BrNS/c14-11-2-1-3-12(8-11)15-6-4-13-10(9-15)5-7-16-13/h1-8H,9H2. The van der Waals surface area contributed by atoms with Gasteiger partial charge in [0.1, 0.15) is 0 Å². The molecular weight excluding hydrogens is 282 g/mol. The molecule has 0 spiro atoms. The molecular formula is C13H10BrNS. The zero-order valence-corrected chi connectivity index (χ0v) is 11.0. The van der Waals surface area contributed by atoms with Crippen molar-refractivity contribution >= 4 is 39.0 Å². The summed E-state index contributed by atoms with van der Waals surface area (Å²) >= 11 is 5.31. The van der Waals surface area contributed by atoms with Crippen molar-refractivity contribution in [2.75, 3.05) is 4.90 Å². The van der Waals surface area contributed by atoms with Gasteiger partial charge >= 0.3 is 0 Å². The molecule has 3 heteroatoms. The molecule has 0 saturated heterocycles. The molecule has 0 radical (unpaired) electrons. The van der Waals surface area contributed by atoms with E-state index in [1.54, 1.807) is 11.3 Å². The summed E-state index contributed by atoms with van der Waals surface area (Å²) in [7, 11) is 0. The summed E-state index contributed by atoms with van der Waals surface area (Å²) in [4.78, 5) is 3.64. The van der Waals surface area contributed by atoms with E-state index in [0.29, 0.717) is 0 Å². The number of hydrogen-bond donors (Lipinski definition) is 0. The van der Waals surface area contributed by atoms with Crippen LogP contribution < -0.4 is 4.90 Å². The molecule has 1 aliphatic rings. The largest absolute Gasteiger partial charge is 0.343 e. The lowest BCUT2D eigenvalue weighted by atomic mass is 10.1. The van der Waals surface area contributed by atoms with Gasteiger partial charge in [-0.1, -0.05) is 22.0 Å². The van der Waals surface area contributed by atoms with E-state index in [1.807, 2.05) is 6.07 Å². The zero-order valence-electron chi connectivity index (χ0n) is 8.56. The molecule has 0 N–H and O–H groups in total. The predicted octanol–water partition coefficient (Wildman–Crippen LogP) is 4.50. The fourth-order valence-electron chi connectivity index (χ4n) is 1.85. The number of halogens is 1. The minimum atomic E-state index is 0.964. The SMILES string of the molecule is Brc1cccc(N2C=Cc3sccc3C2)c1. The summed E-state index contributed by atoms with van der Waals surface area (Å²) < 4.78 is 1.12. The van der Waals surface area contributed by atoms with Crippen LogP contribution in [-0.2, 0) is 6.54 Å². The van der Waals surface area contributed by atoms with Crippen molar-refractivity contribution in [3.05, 3.63) is 56.8 Å². The van der Waals surface area contributed by atoms with Crippen molar-refractivity contribution in [1.29, 1.82) is 0 Å². The van der Waals surface area contributed by atoms with Crippen molar-refractivity contribution in [1.82, 2.24) is 0 Å². The molecule has 2 heterocycles. The Bertz CT molecular complexity index is 544. The smallest absolute Gasteiger partial charge is 0.0490 e. The Morgan fingerprint density at radius 2 is 2.19 bits per heavy atom. The maximum absolute atomic E-state index is 3.50. The van der Waals surface area contributed by atoms with Crippen LogP contribution in [-0.4, -0.2) is 0 Å². The number of thiophene rings is 1. The first kappa shape index (κ1) is 10.1. The summed E-state index contributed by atoms with van der Waals surface area (Å²) in [5.41, 5.74) is 2.63. The molecule has 0 unspecified atom stereocenters. The van der Waals surface area contributed by atoms with Crippen LogP contribution in [0.3, 0.4) is 0 Å². The van der Waals surface area contributed by atoms with Crippen molar-refractivity contribution in [3.8, 4) is 0 Å². The van der Waals surface area contributed by atoms with Crippen LogP contribution in [0, 0.1) is 0 Å². The number of rotatable bonds is 1. The van der Waals surface area contributed by atoms with Gasteiger partial charge in [-0.05, 0) is 41.3 Å². The van der Waals surface area contributed by atoms with Crippen molar-refractivity contribution in [2.45, 2.75) is 6.54 Å². The van der Waals surface area contributed by atoms with E-state index in [4.69, 9.17) is 0 Å². The van der Waals surface area contributed by atoms with Crippen LogP contribution in [0.5, 0.6) is 0 Å². The normalized spacial score (nSPS) is 13.9. The second-order valence-corrected chi connectivity index (χ2v) is 5.60. The second kappa shape index (κ2) is 4.07. The summed E-state index contributed by atoms with van der Waals surface area (Å²) in [6.45, 7) is 0.964. The third-order valence-electron chi connectivity index (χ3n) is 2.67. The second-order valence-electron chi connectivity index (χ2n) is 3.73. The number of benzene rings is 1. The van der Waals surface area contributed by atoms with Gasteiger partial charge in [0.15, 0.2) is 0 Å². The van der Waals surface area contributed by atoms with Crippen molar-refractivity contribution in [3.63, 3.8) is 0 Å². The molecule has 0 amide bonds. The van der Waals surface area contributed by atoms with Gasteiger partial charge in [0.25, 0.3) is 0 Å². The zero-order chi connectivity index (χ0) is 11.0. The molecule has 0 saturated carbocycles. The highest BCUT2D eigenvalue weighted by atomic mass is 79.9. The third-order valence-corrected chi connectivity index (χ3v) is 4.08. The van der Waals surface area contributed by atoms with Gasteiger partial charge in [-0.2, -0.15) is 0 Å². The molecule has 3 rings (SSSR count). The molecule has 1 nitrogen and oxygen atoms in total. The first-order valence-electron chi connectivity index (χ1n) is 5.10. The molecule has 0 aliphatic carbocycles. The molecule has 0 atom stereocenters. The predicted molar refractivity (Wildman–Crippen MR) is 73.7 cm³/mol. The fourth-order valence-corrected chi connectivity index (χ4v) is 3.04. The number of fused-ring (bicyclic) bond motifs is 1. The quantitative estimate of drug-likeness (QED) is 0.748. The minimum absolute atomic E-state index is 0.964. The van der Waals surface area contributed by atoms with Crippen LogP contribution in [0.25, 0.3) is 6.08 Å². The van der Waals surface area contributed by atoms with Crippen LogP contribution in [0.4, 0.5) is 5.69 Å². The van der Waals surface area contributed by atoms with Crippen LogP contribution in [0.15, 0.2) is 46.4 Å². The fraction of sp³-hybridized carbons (Fsp3) is 0.0769. The summed E-state index contributed by atoms with van der Waals surface area (Å²) in [6.07, 6.45) is 4.34. The van der Waals surface area contributed by atoms with Crippen LogP contribution >= 0.6 is 27.3 Å².